The highest BCUT2D eigenvalue weighted by atomic mass is 16.5. The number of hydrogen-bond donors (Lipinski definition) is 0. The molecule has 1 saturated heterocycles. The summed E-state index contributed by atoms with van der Waals surface area (Å²) in [5.74, 6) is -0.379. The number of esters is 1. The van der Waals surface area contributed by atoms with E-state index in [0.717, 1.165) is 32.1 Å². The molecule has 0 aromatic heterocycles. The van der Waals surface area contributed by atoms with Crippen LogP contribution in [-0.2, 0) is 20.7 Å². The number of ether oxygens (including phenoxy) is 1. The van der Waals surface area contributed by atoms with Gasteiger partial charge in [-0.1, -0.05) is 30.3 Å². The van der Waals surface area contributed by atoms with E-state index in [1.807, 2.05) is 18.2 Å². The third-order valence-electron chi connectivity index (χ3n) is 4.65. The van der Waals surface area contributed by atoms with Gasteiger partial charge in [0.1, 0.15) is 6.10 Å². The molecule has 3 rings (SSSR count). The van der Waals surface area contributed by atoms with Gasteiger partial charge in [-0.05, 0) is 37.7 Å². The Labute approximate surface area is 131 Å². The molecule has 1 aromatic rings. The van der Waals surface area contributed by atoms with Gasteiger partial charge in [0.2, 0.25) is 5.91 Å². The van der Waals surface area contributed by atoms with Crippen molar-refractivity contribution in [1.82, 2.24) is 4.90 Å². The molecule has 0 spiro atoms. The van der Waals surface area contributed by atoms with Crippen molar-refractivity contribution >= 4 is 11.9 Å². The van der Waals surface area contributed by atoms with E-state index in [4.69, 9.17) is 4.74 Å². The quantitative estimate of drug-likeness (QED) is 0.785. The molecule has 0 N–H and O–H groups in total. The van der Waals surface area contributed by atoms with Crippen LogP contribution in [0.2, 0.25) is 0 Å². The lowest BCUT2D eigenvalue weighted by molar-refractivity contribution is -0.153. The summed E-state index contributed by atoms with van der Waals surface area (Å²) in [5, 5.41) is 0. The molecular weight excluding hydrogens is 278 g/mol. The highest BCUT2D eigenvalue weighted by Gasteiger charge is 2.36. The topological polar surface area (TPSA) is 46.6 Å². The minimum atomic E-state index is -0.274. The summed E-state index contributed by atoms with van der Waals surface area (Å²) >= 11 is 0. The zero-order valence-electron chi connectivity index (χ0n) is 12.9. The van der Waals surface area contributed by atoms with Gasteiger partial charge in [0, 0.05) is 19.5 Å². The van der Waals surface area contributed by atoms with Crippen molar-refractivity contribution < 1.29 is 14.3 Å². The van der Waals surface area contributed by atoms with Crippen molar-refractivity contribution in [3.05, 3.63) is 35.9 Å². The number of benzene rings is 1. The first kappa shape index (κ1) is 15.1. The molecule has 0 unspecified atom stereocenters. The van der Waals surface area contributed by atoms with Gasteiger partial charge in [0.05, 0.1) is 5.92 Å². The van der Waals surface area contributed by atoms with Crippen LogP contribution in [0.4, 0.5) is 0 Å². The predicted molar refractivity (Wildman–Crippen MR) is 83.2 cm³/mol. The Balaban J connectivity index is 1.48. The number of rotatable bonds is 5. The lowest BCUT2D eigenvalue weighted by Crippen LogP contribution is -2.29. The van der Waals surface area contributed by atoms with Gasteiger partial charge < -0.3 is 9.64 Å². The molecule has 22 heavy (non-hydrogen) atoms. The minimum absolute atomic E-state index is 0.0734. The Bertz CT molecular complexity index is 522. The Kier molecular flexibility index (Phi) is 4.76. The zero-order valence-corrected chi connectivity index (χ0v) is 12.9. The second-order valence-corrected chi connectivity index (χ2v) is 6.32. The van der Waals surface area contributed by atoms with E-state index < -0.39 is 0 Å². The average molecular weight is 301 g/mol. The summed E-state index contributed by atoms with van der Waals surface area (Å²) in [6, 6.07) is 10.1. The Morgan fingerprint density at radius 3 is 2.64 bits per heavy atom. The maximum absolute atomic E-state index is 12.2. The van der Waals surface area contributed by atoms with Crippen LogP contribution in [0, 0.1) is 5.92 Å². The van der Waals surface area contributed by atoms with Crippen LogP contribution in [0.25, 0.3) is 0 Å². The van der Waals surface area contributed by atoms with Gasteiger partial charge in [-0.15, -0.1) is 0 Å². The summed E-state index contributed by atoms with van der Waals surface area (Å²) in [5.41, 5.74) is 1.22. The fourth-order valence-corrected chi connectivity index (χ4v) is 3.32. The van der Waals surface area contributed by atoms with Gasteiger partial charge in [0.25, 0.3) is 0 Å². The van der Waals surface area contributed by atoms with E-state index in [2.05, 4.69) is 12.1 Å². The first-order valence-corrected chi connectivity index (χ1v) is 8.24. The van der Waals surface area contributed by atoms with Crippen LogP contribution in [0.3, 0.4) is 0 Å². The van der Waals surface area contributed by atoms with E-state index in [1.54, 1.807) is 4.90 Å². The van der Waals surface area contributed by atoms with Gasteiger partial charge in [0.15, 0.2) is 0 Å². The Morgan fingerprint density at radius 2 is 1.91 bits per heavy atom. The second kappa shape index (κ2) is 6.95. The van der Waals surface area contributed by atoms with Crippen molar-refractivity contribution in [3.8, 4) is 0 Å². The standard InChI is InChI=1S/C18H23NO3/c20-17-12-15(18(21)22-16-8-4-5-9-16)13-19(17)11-10-14-6-2-1-3-7-14/h1-3,6-7,15-16H,4-5,8-13H2/t15-/m0/s1. The summed E-state index contributed by atoms with van der Waals surface area (Å²) in [6.45, 7) is 1.19. The molecule has 0 bridgehead atoms. The van der Waals surface area contributed by atoms with Crippen LogP contribution in [0.1, 0.15) is 37.7 Å². The summed E-state index contributed by atoms with van der Waals surface area (Å²) < 4.78 is 5.54. The van der Waals surface area contributed by atoms with Crippen molar-refractivity contribution in [2.45, 2.75) is 44.6 Å². The lowest BCUT2D eigenvalue weighted by atomic mass is 10.1. The van der Waals surface area contributed by atoms with E-state index in [0.29, 0.717) is 19.5 Å². The SMILES string of the molecule is O=C(OC1CCCC1)[C@H]1CC(=O)N(CCc2ccccc2)C1. The molecular formula is C18H23NO3. The number of carbonyl (C=O) groups excluding carboxylic acids is 2. The molecule has 2 aliphatic rings. The molecule has 1 heterocycles. The highest BCUT2D eigenvalue weighted by Crippen LogP contribution is 2.25. The molecule has 0 radical (unpaired) electrons. The van der Waals surface area contributed by atoms with Crippen molar-refractivity contribution in [3.63, 3.8) is 0 Å². The monoisotopic (exact) mass is 301 g/mol. The largest absolute Gasteiger partial charge is 0.462 e. The Morgan fingerprint density at radius 1 is 1.18 bits per heavy atom. The molecule has 118 valence electrons. The van der Waals surface area contributed by atoms with Gasteiger partial charge in [-0.3, -0.25) is 9.59 Å². The van der Waals surface area contributed by atoms with Crippen molar-refractivity contribution in [2.75, 3.05) is 13.1 Å². The maximum Gasteiger partial charge on any atom is 0.311 e. The number of hydrogen-bond acceptors (Lipinski definition) is 3. The Hall–Kier alpha value is -1.84. The molecule has 1 aliphatic carbocycles. The van der Waals surface area contributed by atoms with Gasteiger partial charge >= 0.3 is 5.97 Å². The number of likely N-dealkylation sites (tertiary alicyclic amines) is 1. The van der Waals surface area contributed by atoms with Crippen LogP contribution in [0.15, 0.2) is 30.3 Å². The van der Waals surface area contributed by atoms with Gasteiger partial charge in [-0.25, -0.2) is 0 Å². The molecule has 4 heteroatoms. The minimum Gasteiger partial charge on any atom is -0.462 e. The number of carbonyl (C=O) groups is 2. The lowest BCUT2D eigenvalue weighted by Gasteiger charge is -2.17. The molecule has 1 amide bonds. The number of nitrogens with zero attached hydrogens (tertiary/aromatic N) is 1. The summed E-state index contributed by atoms with van der Waals surface area (Å²) in [6.07, 6.45) is 5.46. The third-order valence-corrected chi connectivity index (χ3v) is 4.65. The summed E-state index contributed by atoms with van der Waals surface area (Å²) in [4.78, 5) is 26.0. The van der Waals surface area contributed by atoms with Crippen LogP contribution < -0.4 is 0 Å². The van der Waals surface area contributed by atoms with E-state index in [9.17, 15) is 9.59 Å². The number of amides is 1. The average Bonchev–Trinajstić information content (AvgIpc) is 3.16. The summed E-state index contributed by atoms with van der Waals surface area (Å²) in [7, 11) is 0. The first-order valence-electron chi connectivity index (χ1n) is 8.24. The molecule has 1 atom stereocenters. The first-order chi connectivity index (χ1) is 10.7. The normalized spacial score (nSPS) is 22.3. The molecule has 1 saturated carbocycles. The molecule has 1 aromatic carbocycles. The maximum atomic E-state index is 12.2. The fraction of sp³-hybridized carbons (Fsp3) is 0.556. The van der Waals surface area contributed by atoms with E-state index >= 15 is 0 Å². The highest BCUT2D eigenvalue weighted by molar-refractivity contribution is 5.86. The molecule has 4 nitrogen and oxygen atoms in total. The molecule has 2 fully saturated rings. The zero-order chi connectivity index (χ0) is 15.4. The van der Waals surface area contributed by atoms with Crippen LogP contribution in [-0.4, -0.2) is 36.0 Å². The van der Waals surface area contributed by atoms with E-state index in [-0.39, 0.29) is 23.9 Å². The fourth-order valence-electron chi connectivity index (χ4n) is 3.32. The third kappa shape index (κ3) is 3.67. The van der Waals surface area contributed by atoms with Crippen LogP contribution >= 0.6 is 0 Å². The predicted octanol–water partition coefficient (Wildman–Crippen LogP) is 2.56. The van der Waals surface area contributed by atoms with Gasteiger partial charge in [-0.2, -0.15) is 0 Å². The molecule has 1 aliphatic heterocycles. The van der Waals surface area contributed by atoms with Crippen LogP contribution in [0.5, 0.6) is 0 Å². The van der Waals surface area contributed by atoms with Crippen molar-refractivity contribution in [2.24, 2.45) is 5.92 Å². The van der Waals surface area contributed by atoms with Crippen molar-refractivity contribution in [1.29, 1.82) is 0 Å². The second-order valence-electron chi connectivity index (χ2n) is 6.32. The van der Waals surface area contributed by atoms with E-state index in [1.165, 1.54) is 5.56 Å². The smallest absolute Gasteiger partial charge is 0.311 e.